The van der Waals surface area contributed by atoms with Gasteiger partial charge in [0.15, 0.2) is 0 Å². The van der Waals surface area contributed by atoms with Crippen LogP contribution in [0.2, 0.25) is 5.02 Å². The maximum atomic E-state index is 6.18. The molecule has 0 saturated carbocycles. The van der Waals surface area contributed by atoms with Crippen molar-refractivity contribution in [2.45, 2.75) is 13.0 Å². The minimum Gasteiger partial charge on any atom is -0.313 e. The first-order valence-electron chi connectivity index (χ1n) is 8.63. The SMILES string of the molecule is CN(C)CCCNCc1cc(-c2ccccc2)nc2cc(Cl)ccc12. The van der Waals surface area contributed by atoms with Gasteiger partial charge < -0.3 is 10.2 Å². The Labute approximate surface area is 154 Å². The number of fused-ring (bicyclic) bond motifs is 1. The lowest BCUT2D eigenvalue weighted by atomic mass is 10.0. The van der Waals surface area contributed by atoms with E-state index in [1.807, 2.05) is 30.3 Å². The highest BCUT2D eigenvalue weighted by molar-refractivity contribution is 6.31. The fourth-order valence-electron chi connectivity index (χ4n) is 2.92. The lowest BCUT2D eigenvalue weighted by Crippen LogP contribution is -2.21. The standard InChI is InChI=1S/C21H24ClN3/c1-25(2)12-6-11-23-15-17-13-20(16-7-4-3-5-8-16)24-21-14-18(22)9-10-19(17)21/h3-5,7-10,13-14,23H,6,11-12,15H2,1-2H3. The summed E-state index contributed by atoms with van der Waals surface area (Å²) in [5, 5.41) is 5.43. The molecule has 0 amide bonds. The Balaban J connectivity index is 1.87. The molecule has 0 atom stereocenters. The molecule has 0 bridgehead atoms. The zero-order valence-corrected chi connectivity index (χ0v) is 15.6. The maximum Gasteiger partial charge on any atom is 0.0727 e. The molecule has 0 unspecified atom stereocenters. The van der Waals surface area contributed by atoms with Crippen molar-refractivity contribution in [3.63, 3.8) is 0 Å². The molecule has 0 fully saturated rings. The van der Waals surface area contributed by atoms with Gasteiger partial charge in [-0.25, -0.2) is 4.98 Å². The second-order valence-corrected chi connectivity index (χ2v) is 6.96. The highest BCUT2D eigenvalue weighted by Crippen LogP contribution is 2.26. The molecule has 0 aliphatic carbocycles. The number of nitrogens with one attached hydrogen (secondary N) is 1. The van der Waals surface area contributed by atoms with E-state index in [2.05, 4.69) is 48.6 Å². The minimum atomic E-state index is 0.718. The van der Waals surface area contributed by atoms with Crippen molar-refractivity contribution < 1.29 is 0 Å². The van der Waals surface area contributed by atoms with Crippen molar-refractivity contribution in [2.75, 3.05) is 27.2 Å². The van der Waals surface area contributed by atoms with E-state index < -0.39 is 0 Å². The van der Waals surface area contributed by atoms with Crippen molar-refractivity contribution in [1.29, 1.82) is 0 Å². The predicted molar refractivity (Wildman–Crippen MR) is 107 cm³/mol. The van der Waals surface area contributed by atoms with Crippen molar-refractivity contribution in [1.82, 2.24) is 15.2 Å². The second kappa shape index (κ2) is 8.43. The number of nitrogens with zero attached hydrogens (tertiary/aromatic N) is 2. The number of pyridine rings is 1. The summed E-state index contributed by atoms with van der Waals surface area (Å²) < 4.78 is 0. The third kappa shape index (κ3) is 4.79. The fraction of sp³-hybridized carbons (Fsp3) is 0.286. The molecular weight excluding hydrogens is 330 g/mol. The predicted octanol–water partition coefficient (Wildman–Crippen LogP) is 4.60. The number of benzene rings is 2. The Morgan fingerprint density at radius 2 is 1.84 bits per heavy atom. The van der Waals surface area contributed by atoms with Crippen LogP contribution >= 0.6 is 11.6 Å². The molecule has 4 heteroatoms. The normalized spacial score (nSPS) is 11.4. The summed E-state index contributed by atoms with van der Waals surface area (Å²) in [4.78, 5) is 7.02. The number of halogens is 1. The van der Waals surface area contributed by atoms with Crippen LogP contribution in [-0.2, 0) is 6.54 Å². The molecule has 0 radical (unpaired) electrons. The first-order chi connectivity index (χ1) is 12.1. The van der Waals surface area contributed by atoms with Gasteiger partial charge in [0.2, 0.25) is 0 Å². The van der Waals surface area contributed by atoms with Gasteiger partial charge in [-0.15, -0.1) is 0 Å². The molecule has 1 N–H and O–H groups in total. The average molecular weight is 354 g/mol. The van der Waals surface area contributed by atoms with Crippen molar-refractivity contribution in [2.24, 2.45) is 0 Å². The van der Waals surface area contributed by atoms with Gasteiger partial charge in [0, 0.05) is 22.5 Å². The lowest BCUT2D eigenvalue weighted by molar-refractivity contribution is 0.394. The van der Waals surface area contributed by atoms with Crippen LogP contribution in [0.3, 0.4) is 0 Å². The molecule has 0 saturated heterocycles. The summed E-state index contributed by atoms with van der Waals surface area (Å²) in [6.07, 6.45) is 1.13. The number of hydrogen-bond donors (Lipinski definition) is 1. The highest BCUT2D eigenvalue weighted by Gasteiger charge is 2.08. The monoisotopic (exact) mass is 353 g/mol. The smallest absolute Gasteiger partial charge is 0.0727 e. The Hall–Kier alpha value is -1.94. The van der Waals surface area contributed by atoms with Crippen molar-refractivity contribution >= 4 is 22.5 Å². The molecule has 0 aliphatic heterocycles. The van der Waals surface area contributed by atoms with E-state index in [9.17, 15) is 0 Å². The van der Waals surface area contributed by atoms with E-state index >= 15 is 0 Å². The zero-order valence-electron chi connectivity index (χ0n) is 14.8. The molecule has 2 aromatic carbocycles. The molecule has 3 nitrogen and oxygen atoms in total. The zero-order chi connectivity index (χ0) is 17.6. The van der Waals surface area contributed by atoms with Crippen LogP contribution in [0.1, 0.15) is 12.0 Å². The molecule has 3 rings (SSSR count). The Kier molecular flexibility index (Phi) is 6.03. The average Bonchev–Trinajstić information content (AvgIpc) is 2.61. The van der Waals surface area contributed by atoms with Gasteiger partial charge in [0.1, 0.15) is 0 Å². The highest BCUT2D eigenvalue weighted by atomic mass is 35.5. The molecule has 25 heavy (non-hydrogen) atoms. The molecule has 0 spiro atoms. The molecule has 1 aromatic heterocycles. The van der Waals surface area contributed by atoms with Gasteiger partial charge in [0.25, 0.3) is 0 Å². The quantitative estimate of drug-likeness (QED) is 0.629. The first kappa shape index (κ1) is 17.9. The minimum absolute atomic E-state index is 0.718. The fourth-order valence-corrected chi connectivity index (χ4v) is 3.09. The lowest BCUT2D eigenvalue weighted by Gasteiger charge is -2.13. The van der Waals surface area contributed by atoms with Gasteiger partial charge in [-0.3, -0.25) is 0 Å². The van der Waals surface area contributed by atoms with Crippen LogP contribution in [0, 0.1) is 0 Å². The van der Waals surface area contributed by atoms with Gasteiger partial charge in [-0.2, -0.15) is 0 Å². The van der Waals surface area contributed by atoms with E-state index in [1.54, 1.807) is 0 Å². The van der Waals surface area contributed by atoms with Gasteiger partial charge >= 0.3 is 0 Å². The molecule has 130 valence electrons. The van der Waals surface area contributed by atoms with Crippen LogP contribution in [0.5, 0.6) is 0 Å². The third-order valence-corrected chi connectivity index (χ3v) is 4.44. The Bertz CT molecular complexity index is 831. The summed E-state index contributed by atoms with van der Waals surface area (Å²) in [7, 11) is 4.21. The topological polar surface area (TPSA) is 28.2 Å². The number of rotatable bonds is 7. The number of hydrogen-bond acceptors (Lipinski definition) is 3. The second-order valence-electron chi connectivity index (χ2n) is 6.53. The summed E-state index contributed by atoms with van der Waals surface area (Å²) in [5.41, 5.74) is 4.31. The van der Waals surface area contributed by atoms with Crippen LogP contribution < -0.4 is 5.32 Å². The number of aromatic nitrogens is 1. The summed E-state index contributed by atoms with van der Waals surface area (Å²) in [5.74, 6) is 0. The molecular formula is C21H24ClN3. The van der Waals surface area contributed by atoms with Gasteiger partial charge in [-0.1, -0.05) is 48.0 Å². The Morgan fingerprint density at radius 1 is 1.04 bits per heavy atom. The largest absolute Gasteiger partial charge is 0.313 e. The summed E-state index contributed by atoms with van der Waals surface area (Å²) >= 11 is 6.18. The van der Waals surface area contributed by atoms with E-state index in [1.165, 1.54) is 5.56 Å². The van der Waals surface area contributed by atoms with E-state index in [-0.39, 0.29) is 0 Å². The first-order valence-corrected chi connectivity index (χ1v) is 9.01. The maximum absolute atomic E-state index is 6.18. The van der Waals surface area contributed by atoms with E-state index in [4.69, 9.17) is 16.6 Å². The Morgan fingerprint density at radius 3 is 2.60 bits per heavy atom. The summed E-state index contributed by atoms with van der Waals surface area (Å²) in [6.45, 7) is 2.92. The molecule has 0 aliphatic rings. The van der Waals surface area contributed by atoms with E-state index in [0.29, 0.717) is 0 Å². The van der Waals surface area contributed by atoms with Crippen molar-refractivity contribution in [3.05, 3.63) is 65.2 Å². The van der Waals surface area contributed by atoms with Crippen LogP contribution in [0.15, 0.2) is 54.6 Å². The molecule has 3 aromatic rings. The van der Waals surface area contributed by atoms with Crippen LogP contribution in [0.25, 0.3) is 22.2 Å². The van der Waals surface area contributed by atoms with Crippen LogP contribution in [-0.4, -0.2) is 37.1 Å². The van der Waals surface area contributed by atoms with Crippen LogP contribution in [0.4, 0.5) is 0 Å². The van der Waals surface area contributed by atoms with Crippen molar-refractivity contribution in [3.8, 4) is 11.3 Å². The van der Waals surface area contributed by atoms with Gasteiger partial charge in [-0.05, 0) is 57.4 Å². The third-order valence-electron chi connectivity index (χ3n) is 4.20. The summed E-state index contributed by atoms with van der Waals surface area (Å²) in [6, 6.07) is 18.4. The van der Waals surface area contributed by atoms with E-state index in [0.717, 1.165) is 53.2 Å². The molecule has 1 heterocycles. The van der Waals surface area contributed by atoms with Gasteiger partial charge in [0.05, 0.1) is 11.2 Å².